The molecule has 5 nitrogen and oxygen atoms in total. The van der Waals surface area contributed by atoms with Gasteiger partial charge in [-0.15, -0.1) is 0 Å². The van der Waals surface area contributed by atoms with Crippen LogP contribution in [0, 0.1) is 0 Å². The highest BCUT2D eigenvalue weighted by Gasteiger charge is 2.26. The van der Waals surface area contributed by atoms with Gasteiger partial charge >= 0.3 is 0 Å². The first-order valence-corrected chi connectivity index (χ1v) is 10.2. The van der Waals surface area contributed by atoms with Crippen molar-refractivity contribution in [3.8, 4) is 0 Å². The maximum atomic E-state index is 5.92. The summed E-state index contributed by atoms with van der Waals surface area (Å²) in [5, 5.41) is 0. The number of nitrogens with zero attached hydrogens (tertiary/aromatic N) is 4. The molecule has 0 spiro atoms. The molecule has 2 aliphatic rings. The quantitative estimate of drug-likeness (QED) is 0.677. The maximum absolute atomic E-state index is 5.92. The van der Waals surface area contributed by atoms with Gasteiger partial charge in [0.2, 0.25) is 0 Å². The first kappa shape index (κ1) is 21.1. The van der Waals surface area contributed by atoms with E-state index in [0.717, 1.165) is 26.3 Å². The molecule has 148 valence electrons. The summed E-state index contributed by atoms with van der Waals surface area (Å²) in [6.45, 7) is 27.2. The van der Waals surface area contributed by atoms with E-state index >= 15 is 0 Å². The third-order valence-corrected chi connectivity index (χ3v) is 5.75. The Balaban J connectivity index is 1.50. The van der Waals surface area contributed by atoms with Crippen molar-refractivity contribution in [2.45, 2.75) is 52.6 Å². The molecule has 0 amide bonds. The van der Waals surface area contributed by atoms with Crippen molar-refractivity contribution in [1.82, 2.24) is 19.6 Å². The van der Waals surface area contributed by atoms with Gasteiger partial charge < -0.3 is 4.74 Å². The lowest BCUT2D eigenvalue weighted by molar-refractivity contribution is 0.0254. The Bertz CT molecular complexity index is 336. The van der Waals surface area contributed by atoms with Crippen molar-refractivity contribution in [3.63, 3.8) is 0 Å². The molecule has 2 aliphatic heterocycles. The summed E-state index contributed by atoms with van der Waals surface area (Å²) in [4.78, 5) is 10.3. The summed E-state index contributed by atoms with van der Waals surface area (Å²) in [7, 11) is 0. The summed E-state index contributed by atoms with van der Waals surface area (Å²) in [6, 6.07) is 0. The van der Waals surface area contributed by atoms with E-state index in [1.54, 1.807) is 0 Å². The van der Waals surface area contributed by atoms with Gasteiger partial charge in [-0.2, -0.15) is 0 Å². The highest BCUT2D eigenvalue weighted by Crippen LogP contribution is 2.16. The Morgan fingerprint density at radius 3 is 1.16 bits per heavy atom. The molecule has 0 saturated carbocycles. The van der Waals surface area contributed by atoms with Crippen molar-refractivity contribution in [1.29, 1.82) is 0 Å². The van der Waals surface area contributed by atoms with Gasteiger partial charge in [0, 0.05) is 76.5 Å². The minimum absolute atomic E-state index is 0.305. The summed E-state index contributed by atoms with van der Waals surface area (Å²) in [5.74, 6) is 0. The molecule has 0 aromatic heterocycles. The zero-order chi connectivity index (χ0) is 18.5. The second kappa shape index (κ2) is 9.14. The third kappa shape index (κ3) is 7.14. The first-order valence-electron chi connectivity index (χ1n) is 10.2. The summed E-state index contributed by atoms with van der Waals surface area (Å²) in [6.07, 6.45) is 0. The van der Waals surface area contributed by atoms with Crippen molar-refractivity contribution >= 4 is 0 Å². The van der Waals surface area contributed by atoms with Crippen LogP contribution >= 0.6 is 0 Å². The maximum Gasteiger partial charge on any atom is 0.0594 e. The predicted molar refractivity (Wildman–Crippen MR) is 106 cm³/mol. The molecule has 25 heavy (non-hydrogen) atoms. The van der Waals surface area contributed by atoms with Crippen LogP contribution in [0.3, 0.4) is 0 Å². The van der Waals surface area contributed by atoms with E-state index in [1.807, 2.05) is 0 Å². The molecule has 0 radical (unpaired) electrons. The number of rotatable bonds is 6. The lowest BCUT2D eigenvalue weighted by Crippen LogP contribution is -2.54. The van der Waals surface area contributed by atoms with E-state index < -0.39 is 0 Å². The normalized spacial score (nSPS) is 23.3. The Morgan fingerprint density at radius 2 is 0.880 bits per heavy atom. The molecule has 0 unspecified atom stereocenters. The average Bonchev–Trinajstić information content (AvgIpc) is 2.54. The molecule has 0 aromatic rings. The minimum Gasteiger partial charge on any atom is -0.379 e. The van der Waals surface area contributed by atoms with Gasteiger partial charge in [-0.25, -0.2) is 0 Å². The van der Waals surface area contributed by atoms with Gasteiger partial charge in [-0.3, -0.25) is 19.6 Å². The monoisotopic (exact) mass is 354 g/mol. The molecule has 2 fully saturated rings. The molecule has 0 N–H and O–H groups in total. The van der Waals surface area contributed by atoms with E-state index in [0.29, 0.717) is 11.1 Å². The molecule has 2 saturated heterocycles. The van der Waals surface area contributed by atoms with Crippen LogP contribution in [0.25, 0.3) is 0 Å². The van der Waals surface area contributed by atoms with Crippen LogP contribution < -0.4 is 0 Å². The second-order valence-corrected chi connectivity index (χ2v) is 9.61. The van der Waals surface area contributed by atoms with Crippen molar-refractivity contribution in [2.24, 2.45) is 0 Å². The van der Waals surface area contributed by atoms with E-state index in [1.165, 1.54) is 52.4 Å². The molecule has 5 heteroatoms. The first-order chi connectivity index (χ1) is 11.7. The van der Waals surface area contributed by atoms with Gasteiger partial charge in [0.05, 0.1) is 13.2 Å². The van der Waals surface area contributed by atoms with Crippen molar-refractivity contribution in [2.75, 3.05) is 78.7 Å². The summed E-state index contributed by atoms with van der Waals surface area (Å²) < 4.78 is 5.92. The largest absolute Gasteiger partial charge is 0.379 e. The number of hydrogen-bond acceptors (Lipinski definition) is 5. The van der Waals surface area contributed by atoms with Crippen LogP contribution in [0.5, 0.6) is 0 Å². The molecule has 0 bridgehead atoms. The fraction of sp³-hybridized carbons (Fsp3) is 1.00. The average molecular weight is 355 g/mol. The Labute approximate surface area is 156 Å². The predicted octanol–water partition coefficient (Wildman–Crippen LogP) is 1.84. The van der Waals surface area contributed by atoms with Gasteiger partial charge in [0.1, 0.15) is 0 Å². The van der Waals surface area contributed by atoms with E-state index in [9.17, 15) is 0 Å². The lowest BCUT2D eigenvalue weighted by Gasteiger charge is -2.42. The van der Waals surface area contributed by atoms with Crippen LogP contribution in [0.4, 0.5) is 0 Å². The zero-order valence-corrected chi connectivity index (χ0v) is 17.7. The van der Waals surface area contributed by atoms with Gasteiger partial charge in [0.25, 0.3) is 0 Å². The fourth-order valence-electron chi connectivity index (χ4n) is 3.77. The van der Waals surface area contributed by atoms with Crippen LogP contribution in [0.15, 0.2) is 0 Å². The van der Waals surface area contributed by atoms with Crippen LogP contribution in [0.2, 0.25) is 0 Å². The molecule has 0 aliphatic carbocycles. The lowest BCUT2D eigenvalue weighted by atomic mass is 10.1. The van der Waals surface area contributed by atoms with E-state index in [2.05, 4.69) is 61.1 Å². The molecule has 0 aromatic carbocycles. The molecule has 2 heterocycles. The molecular weight excluding hydrogens is 312 g/mol. The van der Waals surface area contributed by atoms with Crippen molar-refractivity contribution < 1.29 is 4.74 Å². The topological polar surface area (TPSA) is 22.2 Å². The minimum atomic E-state index is 0.305. The van der Waals surface area contributed by atoms with E-state index in [4.69, 9.17) is 4.74 Å². The third-order valence-electron chi connectivity index (χ3n) is 5.75. The van der Waals surface area contributed by atoms with Crippen LogP contribution in [-0.2, 0) is 4.74 Å². The summed E-state index contributed by atoms with van der Waals surface area (Å²) >= 11 is 0. The second-order valence-electron chi connectivity index (χ2n) is 9.61. The number of ether oxygens (including phenoxy) is 1. The van der Waals surface area contributed by atoms with Gasteiger partial charge in [0.15, 0.2) is 0 Å². The van der Waals surface area contributed by atoms with Crippen LogP contribution in [-0.4, -0.2) is 109 Å². The Kier molecular flexibility index (Phi) is 7.71. The number of hydrogen-bond donors (Lipinski definition) is 0. The fourth-order valence-corrected chi connectivity index (χ4v) is 3.77. The molecule has 2 rings (SSSR count). The van der Waals surface area contributed by atoms with Crippen LogP contribution in [0.1, 0.15) is 41.5 Å². The zero-order valence-electron chi connectivity index (χ0n) is 17.7. The van der Waals surface area contributed by atoms with E-state index in [-0.39, 0.29) is 0 Å². The van der Waals surface area contributed by atoms with Gasteiger partial charge in [-0.1, -0.05) is 0 Å². The standard InChI is InChI=1S/C20H42N4O/c1-19(2,3)23-11-7-21(8-12-23)15-17-25-18-16-22-9-13-24(14-10-22)20(4,5)6/h7-18H2,1-6H3. The Morgan fingerprint density at radius 1 is 0.560 bits per heavy atom. The summed E-state index contributed by atoms with van der Waals surface area (Å²) in [5.41, 5.74) is 0.610. The Hall–Kier alpha value is -0.200. The van der Waals surface area contributed by atoms with Crippen molar-refractivity contribution in [3.05, 3.63) is 0 Å². The highest BCUT2D eigenvalue weighted by atomic mass is 16.5. The number of piperazine rings is 2. The SMILES string of the molecule is CC(C)(C)N1CCN(CCOCCN2CCN(C(C)(C)C)CC2)CC1. The highest BCUT2D eigenvalue weighted by molar-refractivity contribution is 4.82. The molecule has 0 atom stereocenters. The van der Waals surface area contributed by atoms with Gasteiger partial charge in [-0.05, 0) is 41.5 Å². The smallest absolute Gasteiger partial charge is 0.0594 e. The molecular formula is C20H42N4O.